The first-order chi connectivity index (χ1) is 5.69. The summed E-state index contributed by atoms with van der Waals surface area (Å²) in [6.07, 6.45) is -4.52. The van der Waals surface area contributed by atoms with Gasteiger partial charge in [-0.1, -0.05) is 0 Å². The highest BCUT2D eigenvalue weighted by Gasteiger charge is 2.33. The van der Waals surface area contributed by atoms with Gasteiger partial charge in [-0.25, -0.2) is 8.42 Å². The number of hydrogen-bond donors (Lipinski definition) is 1. The Hall–Kier alpha value is -0.340. The largest absolute Gasteiger partial charge is 0.402 e. The third-order valence-electron chi connectivity index (χ3n) is 1.25. The third-order valence-corrected chi connectivity index (χ3v) is 3.08. The molecule has 0 atom stereocenters. The predicted molar refractivity (Wildman–Crippen MR) is 41.5 cm³/mol. The Bertz CT molecular complexity index is 249. The zero-order valence-electron chi connectivity index (χ0n) is 7.00. The van der Waals surface area contributed by atoms with Crippen LogP contribution in [0.3, 0.4) is 0 Å². The van der Waals surface area contributed by atoms with Gasteiger partial charge in [-0.05, 0) is 0 Å². The molecule has 8 heteroatoms. The highest BCUT2D eigenvalue weighted by atomic mass is 32.2. The molecule has 0 aliphatic rings. The molecule has 0 unspecified atom stereocenters. The first kappa shape index (κ1) is 12.7. The van der Waals surface area contributed by atoms with Crippen LogP contribution in [0.25, 0.3) is 0 Å². The maximum atomic E-state index is 11.7. The number of nitrogens with two attached hydrogens (primary N) is 1. The van der Waals surface area contributed by atoms with Gasteiger partial charge in [-0.15, -0.1) is 0 Å². The predicted octanol–water partition coefficient (Wildman–Crippen LogP) is -0.231. The van der Waals surface area contributed by atoms with E-state index in [2.05, 4.69) is 0 Å². The summed E-state index contributed by atoms with van der Waals surface area (Å²) in [6.45, 7) is -1.67. The third kappa shape index (κ3) is 5.06. The number of rotatable bonds is 4. The standard InChI is InChI=1S/C5H11F3N2O2S/c1-10(4-5(6,7)8)13(11,12)3-2-9/h2-4,9H2,1H3. The lowest BCUT2D eigenvalue weighted by molar-refractivity contribution is -0.134. The molecule has 0 fully saturated rings. The van der Waals surface area contributed by atoms with Crippen molar-refractivity contribution in [2.24, 2.45) is 5.73 Å². The molecule has 0 aromatic heterocycles. The van der Waals surface area contributed by atoms with Crippen molar-refractivity contribution in [3.63, 3.8) is 0 Å². The zero-order chi connectivity index (χ0) is 10.7. The zero-order valence-corrected chi connectivity index (χ0v) is 7.82. The van der Waals surface area contributed by atoms with Gasteiger partial charge >= 0.3 is 6.18 Å². The Balaban J connectivity index is 4.35. The lowest BCUT2D eigenvalue weighted by atomic mass is 10.6. The molecule has 0 aliphatic carbocycles. The molecule has 0 saturated heterocycles. The molecule has 80 valence electrons. The highest BCUT2D eigenvalue weighted by Crippen LogP contribution is 2.17. The number of halogens is 3. The summed E-state index contributed by atoms with van der Waals surface area (Å²) in [5.41, 5.74) is 4.93. The fourth-order valence-corrected chi connectivity index (χ4v) is 1.61. The molecule has 0 radical (unpaired) electrons. The van der Waals surface area contributed by atoms with E-state index in [9.17, 15) is 21.6 Å². The van der Waals surface area contributed by atoms with Gasteiger partial charge in [0.05, 0.1) is 5.75 Å². The van der Waals surface area contributed by atoms with Gasteiger partial charge in [0.1, 0.15) is 6.54 Å². The van der Waals surface area contributed by atoms with Gasteiger partial charge in [0.15, 0.2) is 0 Å². The van der Waals surface area contributed by atoms with E-state index in [1.54, 1.807) is 0 Å². The van der Waals surface area contributed by atoms with Gasteiger partial charge in [-0.2, -0.15) is 17.5 Å². The average molecular weight is 220 g/mol. The fraction of sp³-hybridized carbons (Fsp3) is 1.00. The van der Waals surface area contributed by atoms with Crippen LogP contribution in [0, 0.1) is 0 Å². The van der Waals surface area contributed by atoms with E-state index in [0.29, 0.717) is 0 Å². The molecular formula is C5H11F3N2O2S. The van der Waals surface area contributed by atoms with Crippen LogP contribution < -0.4 is 5.73 Å². The first-order valence-corrected chi connectivity index (χ1v) is 5.01. The summed E-state index contributed by atoms with van der Waals surface area (Å²) in [4.78, 5) is 0. The summed E-state index contributed by atoms with van der Waals surface area (Å²) >= 11 is 0. The monoisotopic (exact) mass is 220 g/mol. The maximum Gasteiger partial charge on any atom is 0.402 e. The second-order valence-corrected chi connectivity index (χ2v) is 4.67. The summed E-state index contributed by atoms with van der Waals surface area (Å²) < 4.78 is 57.4. The van der Waals surface area contributed by atoms with Gasteiger partial charge in [-0.3, -0.25) is 0 Å². The van der Waals surface area contributed by atoms with Crippen molar-refractivity contribution < 1.29 is 21.6 Å². The van der Waals surface area contributed by atoms with E-state index in [0.717, 1.165) is 7.05 Å². The van der Waals surface area contributed by atoms with Crippen molar-refractivity contribution in [1.82, 2.24) is 4.31 Å². The summed E-state index contributed by atoms with van der Waals surface area (Å²) in [7, 11) is -2.98. The van der Waals surface area contributed by atoms with Crippen LogP contribution in [0.1, 0.15) is 0 Å². The normalized spacial score (nSPS) is 13.7. The molecule has 0 spiro atoms. The molecule has 0 bridgehead atoms. The van der Waals surface area contributed by atoms with Crippen molar-refractivity contribution in [3.05, 3.63) is 0 Å². The summed E-state index contributed by atoms with van der Waals surface area (Å²) in [5.74, 6) is -0.473. The molecular weight excluding hydrogens is 209 g/mol. The SMILES string of the molecule is CN(CC(F)(F)F)S(=O)(=O)CCN. The molecule has 0 rings (SSSR count). The van der Waals surface area contributed by atoms with Crippen LogP contribution in [0.5, 0.6) is 0 Å². The van der Waals surface area contributed by atoms with Crippen LogP contribution >= 0.6 is 0 Å². The lowest BCUT2D eigenvalue weighted by Gasteiger charge is -2.17. The van der Waals surface area contributed by atoms with Gasteiger partial charge < -0.3 is 5.73 Å². The fourth-order valence-electron chi connectivity index (χ4n) is 0.656. The molecule has 0 amide bonds. The second-order valence-electron chi connectivity index (χ2n) is 2.48. The molecule has 0 saturated carbocycles. The molecule has 0 aromatic rings. The Kier molecular flexibility index (Phi) is 4.14. The van der Waals surface area contributed by atoms with Crippen molar-refractivity contribution >= 4 is 10.0 Å². The van der Waals surface area contributed by atoms with E-state index in [4.69, 9.17) is 5.73 Å². The molecule has 13 heavy (non-hydrogen) atoms. The van der Waals surface area contributed by atoms with Gasteiger partial charge in [0.2, 0.25) is 10.0 Å². The van der Waals surface area contributed by atoms with Crippen molar-refractivity contribution in [3.8, 4) is 0 Å². The lowest BCUT2D eigenvalue weighted by Crippen LogP contribution is -2.38. The maximum absolute atomic E-state index is 11.7. The van der Waals surface area contributed by atoms with E-state index in [1.165, 1.54) is 0 Å². The van der Waals surface area contributed by atoms with Gasteiger partial charge in [0, 0.05) is 13.6 Å². The Morgan fingerprint density at radius 3 is 2.15 bits per heavy atom. The molecule has 0 heterocycles. The summed E-state index contributed by atoms with van der Waals surface area (Å²) in [5, 5.41) is 0. The minimum absolute atomic E-state index is 0.190. The minimum Gasteiger partial charge on any atom is -0.329 e. The highest BCUT2D eigenvalue weighted by molar-refractivity contribution is 7.89. The Morgan fingerprint density at radius 2 is 1.85 bits per heavy atom. The molecule has 0 aliphatic heterocycles. The number of nitrogens with zero attached hydrogens (tertiary/aromatic N) is 1. The van der Waals surface area contributed by atoms with E-state index in [-0.39, 0.29) is 10.8 Å². The quantitative estimate of drug-likeness (QED) is 0.711. The molecule has 0 aromatic carbocycles. The molecule has 4 nitrogen and oxygen atoms in total. The van der Waals surface area contributed by atoms with Crippen molar-refractivity contribution in [1.29, 1.82) is 0 Å². The smallest absolute Gasteiger partial charge is 0.329 e. The minimum atomic E-state index is -4.52. The summed E-state index contributed by atoms with van der Waals surface area (Å²) in [6, 6.07) is 0. The van der Waals surface area contributed by atoms with Crippen LogP contribution in [-0.2, 0) is 10.0 Å². The van der Waals surface area contributed by atoms with Crippen molar-refractivity contribution in [2.75, 3.05) is 25.9 Å². The van der Waals surface area contributed by atoms with E-state index >= 15 is 0 Å². The van der Waals surface area contributed by atoms with Crippen molar-refractivity contribution in [2.45, 2.75) is 6.18 Å². The molecule has 2 N–H and O–H groups in total. The number of sulfonamides is 1. The van der Waals surface area contributed by atoms with Gasteiger partial charge in [0.25, 0.3) is 0 Å². The Labute approximate surface area is 74.6 Å². The average Bonchev–Trinajstić information content (AvgIpc) is 1.82. The van der Waals surface area contributed by atoms with E-state index < -0.39 is 28.5 Å². The Morgan fingerprint density at radius 1 is 1.38 bits per heavy atom. The van der Waals surface area contributed by atoms with Crippen LogP contribution in [-0.4, -0.2) is 44.8 Å². The number of hydrogen-bond acceptors (Lipinski definition) is 3. The number of alkyl halides is 3. The van der Waals surface area contributed by atoms with Crippen LogP contribution in [0.2, 0.25) is 0 Å². The van der Waals surface area contributed by atoms with Crippen LogP contribution in [0.4, 0.5) is 13.2 Å². The van der Waals surface area contributed by atoms with Crippen LogP contribution in [0.15, 0.2) is 0 Å². The first-order valence-electron chi connectivity index (χ1n) is 3.40. The van der Waals surface area contributed by atoms with E-state index in [1.807, 2.05) is 0 Å². The second kappa shape index (κ2) is 4.25. The topological polar surface area (TPSA) is 63.4 Å².